The molecule has 116 valence electrons. The second-order valence-corrected chi connectivity index (χ2v) is 8.39. The van der Waals surface area contributed by atoms with E-state index in [-0.39, 0.29) is 16.8 Å². The lowest BCUT2D eigenvalue weighted by atomic mass is 10.1. The molecule has 1 N–H and O–H groups in total. The SMILES string of the molecule is CC(CCC1CCCO1)NC(=O)N1CCSC(C)(C)C1. The van der Waals surface area contributed by atoms with Crippen LogP contribution in [0.15, 0.2) is 0 Å². The minimum absolute atomic E-state index is 0.0956. The molecule has 0 radical (unpaired) electrons. The van der Waals surface area contributed by atoms with Gasteiger partial charge in [-0.3, -0.25) is 0 Å². The van der Waals surface area contributed by atoms with Crippen molar-refractivity contribution in [1.29, 1.82) is 0 Å². The van der Waals surface area contributed by atoms with Gasteiger partial charge < -0.3 is 15.0 Å². The van der Waals surface area contributed by atoms with E-state index in [1.54, 1.807) is 0 Å². The summed E-state index contributed by atoms with van der Waals surface area (Å²) in [4.78, 5) is 14.2. The standard InChI is InChI=1S/C15H28N2O2S/c1-12(6-7-13-5-4-9-19-13)16-14(18)17-8-10-20-15(2,3)11-17/h12-13H,4-11H2,1-3H3,(H,16,18). The van der Waals surface area contributed by atoms with Gasteiger partial charge in [-0.25, -0.2) is 4.79 Å². The molecule has 2 aliphatic rings. The molecule has 0 aromatic carbocycles. The van der Waals surface area contributed by atoms with Gasteiger partial charge in [-0.05, 0) is 46.5 Å². The first-order valence-electron chi connectivity index (χ1n) is 7.77. The van der Waals surface area contributed by atoms with Crippen LogP contribution >= 0.6 is 11.8 Å². The fourth-order valence-electron chi connectivity index (χ4n) is 2.87. The van der Waals surface area contributed by atoms with Gasteiger partial charge in [-0.15, -0.1) is 0 Å². The van der Waals surface area contributed by atoms with Crippen molar-refractivity contribution in [3.8, 4) is 0 Å². The van der Waals surface area contributed by atoms with Gasteiger partial charge in [-0.1, -0.05) is 0 Å². The Balaban J connectivity index is 1.70. The van der Waals surface area contributed by atoms with Crippen molar-refractivity contribution in [2.45, 2.75) is 63.3 Å². The average molecular weight is 300 g/mol. The van der Waals surface area contributed by atoms with Gasteiger partial charge in [0.1, 0.15) is 0 Å². The molecule has 0 saturated carbocycles. The predicted octanol–water partition coefficient (Wildman–Crippen LogP) is 2.87. The quantitative estimate of drug-likeness (QED) is 0.868. The first kappa shape index (κ1) is 16.0. The second kappa shape index (κ2) is 7.03. The normalized spacial score (nSPS) is 27.4. The van der Waals surface area contributed by atoms with Gasteiger partial charge in [0.15, 0.2) is 0 Å². The Bertz CT molecular complexity index is 330. The largest absolute Gasteiger partial charge is 0.378 e. The number of ether oxygens (including phenoxy) is 1. The summed E-state index contributed by atoms with van der Waals surface area (Å²) in [6.07, 6.45) is 4.84. The summed E-state index contributed by atoms with van der Waals surface area (Å²) in [5.41, 5.74) is 0. The van der Waals surface area contributed by atoms with Gasteiger partial charge >= 0.3 is 6.03 Å². The van der Waals surface area contributed by atoms with E-state index in [1.807, 2.05) is 16.7 Å². The predicted molar refractivity (Wildman–Crippen MR) is 84.3 cm³/mol. The van der Waals surface area contributed by atoms with Crippen LogP contribution in [-0.4, -0.2) is 53.3 Å². The Morgan fingerprint density at radius 3 is 3.00 bits per heavy atom. The van der Waals surface area contributed by atoms with E-state index in [4.69, 9.17) is 4.74 Å². The van der Waals surface area contributed by atoms with E-state index >= 15 is 0 Å². The number of hydrogen-bond acceptors (Lipinski definition) is 3. The van der Waals surface area contributed by atoms with E-state index in [0.29, 0.717) is 6.10 Å². The molecule has 0 aromatic rings. The highest BCUT2D eigenvalue weighted by molar-refractivity contribution is 8.00. The Hall–Kier alpha value is -0.420. The first-order valence-corrected chi connectivity index (χ1v) is 8.76. The van der Waals surface area contributed by atoms with Gasteiger partial charge in [0.05, 0.1) is 6.10 Å². The van der Waals surface area contributed by atoms with Crippen molar-refractivity contribution in [2.24, 2.45) is 0 Å². The van der Waals surface area contributed by atoms with Crippen LogP contribution in [0.2, 0.25) is 0 Å². The van der Waals surface area contributed by atoms with Crippen molar-refractivity contribution < 1.29 is 9.53 Å². The molecule has 20 heavy (non-hydrogen) atoms. The molecule has 4 nitrogen and oxygen atoms in total. The second-order valence-electron chi connectivity index (χ2n) is 6.59. The van der Waals surface area contributed by atoms with E-state index in [2.05, 4.69) is 26.1 Å². The number of nitrogens with zero attached hydrogens (tertiary/aromatic N) is 1. The Morgan fingerprint density at radius 2 is 2.35 bits per heavy atom. The number of rotatable bonds is 4. The molecule has 0 bridgehead atoms. The minimum Gasteiger partial charge on any atom is -0.378 e. The lowest BCUT2D eigenvalue weighted by molar-refractivity contribution is 0.0999. The van der Waals surface area contributed by atoms with Crippen LogP contribution in [0, 0.1) is 0 Å². The number of nitrogens with one attached hydrogen (secondary N) is 1. The number of carbonyl (C=O) groups excluding carboxylic acids is 1. The highest BCUT2D eigenvalue weighted by Gasteiger charge is 2.30. The van der Waals surface area contributed by atoms with E-state index < -0.39 is 0 Å². The van der Waals surface area contributed by atoms with Crippen LogP contribution in [-0.2, 0) is 4.74 Å². The lowest BCUT2D eigenvalue weighted by Crippen LogP contribution is -2.51. The molecular formula is C15H28N2O2S. The fourth-order valence-corrected chi connectivity index (χ4v) is 3.98. The molecule has 2 amide bonds. The molecule has 0 aromatic heterocycles. The van der Waals surface area contributed by atoms with Crippen molar-refractivity contribution in [1.82, 2.24) is 10.2 Å². The molecule has 2 atom stereocenters. The van der Waals surface area contributed by atoms with E-state index in [1.165, 1.54) is 12.8 Å². The van der Waals surface area contributed by atoms with Crippen LogP contribution in [0.4, 0.5) is 4.79 Å². The maximum absolute atomic E-state index is 12.3. The topological polar surface area (TPSA) is 41.6 Å². The molecule has 2 heterocycles. The van der Waals surface area contributed by atoms with Crippen molar-refractivity contribution in [3.05, 3.63) is 0 Å². The average Bonchev–Trinajstić information content (AvgIpc) is 2.88. The maximum atomic E-state index is 12.3. The monoisotopic (exact) mass is 300 g/mol. The number of amides is 2. The number of carbonyl (C=O) groups is 1. The smallest absolute Gasteiger partial charge is 0.317 e. The van der Waals surface area contributed by atoms with Gasteiger partial charge in [0.2, 0.25) is 0 Å². The summed E-state index contributed by atoms with van der Waals surface area (Å²) in [5.74, 6) is 1.03. The Kier molecular flexibility index (Phi) is 5.61. The Morgan fingerprint density at radius 1 is 1.55 bits per heavy atom. The highest BCUT2D eigenvalue weighted by Crippen LogP contribution is 2.29. The molecule has 5 heteroatoms. The third kappa shape index (κ3) is 4.85. The summed E-state index contributed by atoms with van der Waals surface area (Å²) in [6.45, 7) is 9.11. The fraction of sp³-hybridized carbons (Fsp3) is 0.933. The third-order valence-corrected chi connectivity index (χ3v) is 5.33. The Labute approximate surface area is 127 Å². The van der Waals surface area contributed by atoms with Crippen molar-refractivity contribution >= 4 is 17.8 Å². The summed E-state index contributed by atoms with van der Waals surface area (Å²) >= 11 is 1.95. The van der Waals surface area contributed by atoms with Crippen LogP contribution < -0.4 is 5.32 Å². The zero-order valence-corrected chi connectivity index (χ0v) is 13.8. The summed E-state index contributed by atoms with van der Waals surface area (Å²) in [5, 5.41) is 3.13. The molecule has 2 rings (SSSR count). The van der Waals surface area contributed by atoms with Gasteiger partial charge in [0, 0.05) is 36.2 Å². The summed E-state index contributed by atoms with van der Waals surface area (Å²) < 4.78 is 5.80. The molecule has 2 saturated heterocycles. The van der Waals surface area contributed by atoms with Crippen LogP contribution in [0.25, 0.3) is 0 Å². The van der Waals surface area contributed by atoms with Gasteiger partial charge in [0.25, 0.3) is 0 Å². The van der Waals surface area contributed by atoms with Gasteiger partial charge in [-0.2, -0.15) is 11.8 Å². The van der Waals surface area contributed by atoms with Crippen LogP contribution in [0.5, 0.6) is 0 Å². The van der Waals surface area contributed by atoms with E-state index in [0.717, 1.165) is 38.3 Å². The highest BCUT2D eigenvalue weighted by atomic mass is 32.2. The molecule has 0 aliphatic carbocycles. The summed E-state index contributed by atoms with van der Waals surface area (Å²) in [7, 11) is 0. The zero-order chi connectivity index (χ0) is 14.6. The van der Waals surface area contributed by atoms with Crippen molar-refractivity contribution in [2.75, 3.05) is 25.4 Å². The lowest BCUT2D eigenvalue weighted by Gasteiger charge is -2.38. The molecule has 2 unspecified atom stereocenters. The zero-order valence-electron chi connectivity index (χ0n) is 13.0. The van der Waals surface area contributed by atoms with Crippen LogP contribution in [0.3, 0.4) is 0 Å². The first-order chi connectivity index (χ1) is 9.46. The van der Waals surface area contributed by atoms with Crippen molar-refractivity contribution in [3.63, 3.8) is 0 Å². The number of hydrogen-bond donors (Lipinski definition) is 1. The van der Waals surface area contributed by atoms with Crippen LogP contribution in [0.1, 0.15) is 46.5 Å². The number of thioether (sulfide) groups is 1. The third-order valence-electron chi connectivity index (χ3n) is 4.03. The number of urea groups is 1. The molecule has 2 aliphatic heterocycles. The molecular weight excluding hydrogens is 272 g/mol. The van der Waals surface area contributed by atoms with E-state index in [9.17, 15) is 4.79 Å². The minimum atomic E-state index is 0.0956. The summed E-state index contributed by atoms with van der Waals surface area (Å²) in [6, 6.07) is 0.322. The molecule has 0 spiro atoms. The molecule has 2 fully saturated rings. The maximum Gasteiger partial charge on any atom is 0.317 e.